The molecule has 2 N–H and O–H groups in total. The first-order valence-corrected chi connectivity index (χ1v) is 5.58. The van der Waals surface area contributed by atoms with Crippen molar-refractivity contribution in [3.05, 3.63) is 12.4 Å². The van der Waals surface area contributed by atoms with Crippen LogP contribution in [0.5, 0.6) is 0 Å². The summed E-state index contributed by atoms with van der Waals surface area (Å²) in [6, 6.07) is 1.92. The van der Waals surface area contributed by atoms with Crippen molar-refractivity contribution in [2.45, 2.75) is 25.3 Å². The van der Waals surface area contributed by atoms with Gasteiger partial charge in [0, 0.05) is 31.9 Å². The number of aromatic nitrogens is 2. The van der Waals surface area contributed by atoms with Crippen LogP contribution >= 0.6 is 0 Å². The van der Waals surface area contributed by atoms with Gasteiger partial charge in [0.15, 0.2) is 0 Å². The van der Waals surface area contributed by atoms with E-state index in [2.05, 4.69) is 27.5 Å². The Morgan fingerprint density at radius 3 is 2.62 bits per heavy atom. The number of hydrogen-bond acceptors (Lipinski definition) is 5. The molecule has 0 spiro atoms. The zero-order valence-electron chi connectivity index (χ0n) is 9.79. The number of anilines is 2. The molecular formula is C11H18N4O. The van der Waals surface area contributed by atoms with E-state index in [1.165, 1.54) is 0 Å². The van der Waals surface area contributed by atoms with Crippen molar-refractivity contribution in [3.63, 3.8) is 0 Å². The number of hydrogen-bond donors (Lipinski definition) is 2. The summed E-state index contributed by atoms with van der Waals surface area (Å²) in [6.07, 6.45) is 3.58. The lowest BCUT2D eigenvalue weighted by atomic mass is 9.92. The van der Waals surface area contributed by atoms with Crippen molar-refractivity contribution >= 4 is 11.6 Å². The molecule has 5 heteroatoms. The lowest BCUT2D eigenvalue weighted by molar-refractivity contribution is 0.0657. The summed E-state index contributed by atoms with van der Waals surface area (Å²) < 4.78 is 5.36. The van der Waals surface area contributed by atoms with E-state index in [9.17, 15) is 0 Å². The van der Waals surface area contributed by atoms with Crippen molar-refractivity contribution in [1.82, 2.24) is 9.97 Å². The third-order valence-electron chi connectivity index (χ3n) is 2.95. The summed E-state index contributed by atoms with van der Waals surface area (Å²) in [5, 5.41) is 6.46. The van der Waals surface area contributed by atoms with Crippen molar-refractivity contribution in [2.24, 2.45) is 0 Å². The maximum atomic E-state index is 5.36. The Balaban J connectivity index is 2.07. The van der Waals surface area contributed by atoms with E-state index in [4.69, 9.17) is 4.74 Å². The fraction of sp³-hybridized carbons (Fsp3) is 0.636. The Morgan fingerprint density at radius 2 is 1.94 bits per heavy atom. The molecule has 0 saturated carbocycles. The van der Waals surface area contributed by atoms with Gasteiger partial charge in [-0.1, -0.05) is 0 Å². The van der Waals surface area contributed by atoms with Crippen LogP contribution in [0.3, 0.4) is 0 Å². The van der Waals surface area contributed by atoms with Gasteiger partial charge in [-0.3, -0.25) is 0 Å². The zero-order chi connectivity index (χ0) is 11.4. The quantitative estimate of drug-likeness (QED) is 0.811. The van der Waals surface area contributed by atoms with Gasteiger partial charge in [-0.2, -0.15) is 0 Å². The number of nitrogens with zero attached hydrogens (tertiary/aromatic N) is 2. The van der Waals surface area contributed by atoms with Gasteiger partial charge in [-0.25, -0.2) is 9.97 Å². The molecule has 1 aliphatic heterocycles. The Hall–Kier alpha value is -1.36. The molecule has 2 heterocycles. The van der Waals surface area contributed by atoms with Crippen molar-refractivity contribution in [3.8, 4) is 0 Å². The summed E-state index contributed by atoms with van der Waals surface area (Å²) >= 11 is 0. The molecular weight excluding hydrogens is 204 g/mol. The summed E-state index contributed by atoms with van der Waals surface area (Å²) in [4.78, 5) is 8.31. The number of nitrogens with one attached hydrogen (secondary N) is 2. The van der Waals surface area contributed by atoms with Crippen LogP contribution in [-0.2, 0) is 4.74 Å². The molecule has 1 aromatic heterocycles. The molecule has 1 fully saturated rings. The molecule has 88 valence electrons. The minimum absolute atomic E-state index is 0.0810. The lowest BCUT2D eigenvalue weighted by Gasteiger charge is -2.34. The first-order valence-electron chi connectivity index (χ1n) is 5.58. The van der Waals surface area contributed by atoms with E-state index in [0.29, 0.717) is 0 Å². The molecule has 2 rings (SSSR count). The summed E-state index contributed by atoms with van der Waals surface area (Å²) in [5.41, 5.74) is 0.0810. The smallest absolute Gasteiger partial charge is 0.131 e. The maximum absolute atomic E-state index is 5.36. The third kappa shape index (κ3) is 2.61. The highest BCUT2D eigenvalue weighted by Crippen LogP contribution is 2.24. The summed E-state index contributed by atoms with van der Waals surface area (Å²) in [5.74, 6) is 1.69. The zero-order valence-corrected chi connectivity index (χ0v) is 9.79. The van der Waals surface area contributed by atoms with Crippen molar-refractivity contribution < 1.29 is 4.74 Å². The molecule has 0 bridgehead atoms. The van der Waals surface area contributed by atoms with Crippen molar-refractivity contribution in [1.29, 1.82) is 0 Å². The summed E-state index contributed by atoms with van der Waals surface area (Å²) in [6.45, 7) is 3.83. The van der Waals surface area contributed by atoms with Crippen molar-refractivity contribution in [2.75, 3.05) is 30.9 Å². The topological polar surface area (TPSA) is 59.1 Å². The van der Waals surface area contributed by atoms with E-state index >= 15 is 0 Å². The van der Waals surface area contributed by atoms with Crippen LogP contribution in [0.4, 0.5) is 11.6 Å². The molecule has 1 aromatic rings. The van der Waals surface area contributed by atoms with Gasteiger partial charge in [0.25, 0.3) is 0 Å². The maximum Gasteiger partial charge on any atom is 0.131 e. The largest absolute Gasteiger partial charge is 0.381 e. The van der Waals surface area contributed by atoms with Crippen LogP contribution in [0.25, 0.3) is 0 Å². The molecule has 0 aliphatic carbocycles. The summed E-state index contributed by atoms with van der Waals surface area (Å²) in [7, 11) is 1.85. The van der Waals surface area contributed by atoms with E-state index in [-0.39, 0.29) is 5.54 Å². The second-order valence-electron chi connectivity index (χ2n) is 4.34. The predicted octanol–water partition coefficient (Wildman–Crippen LogP) is 1.50. The minimum atomic E-state index is 0.0810. The van der Waals surface area contributed by atoms with Gasteiger partial charge in [0.1, 0.15) is 18.0 Å². The first-order chi connectivity index (χ1) is 7.72. The highest BCUT2D eigenvalue weighted by atomic mass is 16.5. The number of ether oxygens (including phenoxy) is 1. The molecule has 0 atom stereocenters. The Kier molecular flexibility index (Phi) is 3.24. The molecule has 1 saturated heterocycles. The Labute approximate surface area is 95.6 Å². The van der Waals surface area contributed by atoms with E-state index in [1.807, 2.05) is 13.1 Å². The highest BCUT2D eigenvalue weighted by molar-refractivity contribution is 5.47. The predicted molar refractivity (Wildman–Crippen MR) is 63.7 cm³/mol. The van der Waals surface area contributed by atoms with Crippen LogP contribution in [-0.4, -0.2) is 35.8 Å². The third-order valence-corrected chi connectivity index (χ3v) is 2.95. The molecule has 1 aliphatic rings. The molecule has 0 aromatic carbocycles. The average Bonchev–Trinajstić information content (AvgIpc) is 2.29. The van der Waals surface area contributed by atoms with Crippen LogP contribution in [0.2, 0.25) is 0 Å². The van der Waals surface area contributed by atoms with Crippen LogP contribution in [0.15, 0.2) is 12.4 Å². The second kappa shape index (κ2) is 4.65. The standard InChI is InChI=1S/C11H18N4O/c1-11(3-5-16-6-4-11)15-10-7-9(12-2)13-8-14-10/h7-8H,3-6H2,1-2H3,(H2,12,13,14,15). The van der Waals surface area contributed by atoms with E-state index in [0.717, 1.165) is 37.7 Å². The van der Waals surface area contributed by atoms with Gasteiger partial charge in [0.2, 0.25) is 0 Å². The van der Waals surface area contributed by atoms with Gasteiger partial charge >= 0.3 is 0 Å². The average molecular weight is 222 g/mol. The SMILES string of the molecule is CNc1cc(NC2(C)CCOCC2)ncn1. The Morgan fingerprint density at radius 1 is 1.25 bits per heavy atom. The van der Waals surface area contributed by atoms with Crippen LogP contribution < -0.4 is 10.6 Å². The fourth-order valence-corrected chi connectivity index (χ4v) is 1.82. The highest BCUT2D eigenvalue weighted by Gasteiger charge is 2.27. The van der Waals surface area contributed by atoms with Gasteiger partial charge in [-0.05, 0) is 19.8 Å². The molecule has 16 heavy (non-hydrogen) atoms. The Bertz CT molecular complexity index is 350. The van der Waals surface area contributed by atoms with Gasteiger partial charge < -0.3 is 15.4 Å². The van der Waals surface area contributed by atoms with Gasteiger partial charge in [-0.15, -0.1) is 0 Å². The minimum Gasteiger partial charge on any atom is -0.381 e. The first kappa shape index (κ1) is 11.1. The van der Waals surface area contributed by atoms with E-state index in [1.54, 1.807) is 6.33 Å². The molecule has 0 unspecified atom stereocenters. The normalized spacial score (nSPS) is 19.1. The second-order valence-corrected chi connectivity index (χ2v) is 4.34. The number of rotatable bonds is 3. The van der Waals surface area contributed by atoms with Crippen LogP contribution in [0, 0.1) is 0 Å². The molecule has 0 amide bonds. The van der Waals surface area contributed by atoms with Gasteiger partial charge in [0.05, 0.1) is 0 Å². The van der Waals surface area contributed by atoms with E-state index < -0.39 is 0 Å². The lowest BCUT2D eigenvalue weighted by Crippen LogP contribution is -2.40. The molecule has 5 nitrogen and oxygen atoms in total. The molecule has 0 radical (unpaired) electrons. The monoisotopic (exact) mass is 222 g/mol. The van der Waals surface area contributed by atoms with Crippen LogP contribution in [0.1, 0.15) is 19.8 Å². The fourth-order valence-electron chi connectivity index (χ4n) is 1.82.